The first-order valence-electron chi connectivity index (χ1n) is 6.22. The Hall–Kier alpha value is -0.170. The fraction of sp³-hybridized carbons (Fsp3) is 1.00. The highest BCUT2D eigenvalue weighted by Crippen LogP contribution is 2.13. The van der Waals surface area contributed by atoms with Gasteiger partial charge in [0.25, 0.3) is 0 Å². The molecule has 0 saturated carbocycles. The molecule has 0 aromatic rings. The van der Waals surface area contributed by atoms with E-state index in [1.807, 2.05) is 0 Å². The molecule has 0 aromatic carbocycles. The summed E-state index contributed by atoms with van der Waals surface area (Å²) >= 11 is 0. The number of hydrogen-bond acceptors (Lipinski definition) is 4. The number of ether oxygens (including phenoxy) is 1. The molecular weight excluding hydrogens is 240 g/mol. The van der Waals surface area contributed by atoms with Gasteiger partial charge in [-0.1, -0.05) is 0 Å². The predicted octanol–water partition coefficient (Wildman–Crippen LogP) is 0.427. The highest BCUT2D eigenvalue weighted by Gasteiger charge is 2.15. The van der Waals surface area contributed by atoms with Gasteiger partial charge in [0.15, 0.2) is 0 Å². The molecule has 17 heavy (non-hydrogen) atoms. The van der Waals surface area contributed by atoms with Crippen molar-refractivity contribution < 1.29 is 13.2 Å². The number of nitrogens with zero attached hydrogens (tertiary/aromatic N) is 1. The Morgan fingerprint density at radius 1 is 1.41 bits per heavy atom. The Bertz CT molecular complexity index is 300. The molecule has 1 rings (SSSR count). The van der Waals surface area contributed by atoms with Crippen molar-refractivity contribution in [3.05, 3.63) is 0 Å². The maximum Gasteiger partial charge on any atom is 0.208 e. The third kappa shape index (κ3) is 7.70. The number of nitrogens with one attached hydrogen (secondary N) is 1. The minimum Gasteiger partial charge on any atom is -0.377 e. The van der Waals surface area contributed by atoms with Gasteiger partial charge in [-0.15, -0.1) is 0 Å². The lowest BCUT2D eigenvalue weighted by Gasteiger charge is -2.27. The van der Waals surface area contributed by atoms with Gasteiger partial charge in [0.2, 0.25) is 10.0 Å². The van der Waals surface area contributed by atoms with Gasteiger partial charge in [-0.05, 0) is 39.3 Å². The molecule has 0 amide bonds. The molecule has 1 aliphatic rings. The Morgan fingerprint density at radius 2 is 2.18 bits per heavy atom. The number of hydrogen-bond donors (Lipinski definition) is 1. The first-order valence-corrected chi connectivity index (χ1v) is 8.11. The van der Waals surface area contributed by atoms with Gasteiger partial charge in [-0.2, -0.15) is 0 Å². The minimum absolute atomic E-state index is 0.358. The van der Waals surface area contributed by atoms with Crippen molar-refractivity contribution >= 4 is 10.0 Å². The first-order chi connectivity index (χ1) is 7.97. The minimum atomic E-state index is -3.04. The SMILES string of the molecule is CN(CCCNS(C)(=O)=O)C[C@@H]1CCCCO1. The normalized spacial score (nSPS) is 21.9. The van der Waals surface area contributed by atoms with Crippen LogP contribution in [0.25, 0.3) is 0 Å². The van der Waals surface area contributed by atoms with E-state index in [1.165, 1.54) is 19.1 Å². The average Bonchev–Trinajstić information content (AvgIpc) is 2.25. The zero-order chi connectivity index (χ0) is 12.7. The van der Waals surface area contributed by atoms with Crippen molar-refractivity contribution in [2.75, 3.05) is 39.5 Å². The highest BCUT2D eigenvalue weighted by molar-refractivity contribution is 7.88. The molecule has 1 heterocycles. The number of likely N-dealkylation sites (N-methyl/N-ethyl adjacent to an activating group) is 1. The second-order valence-corrected chi connectivity index (χ2v) is 6.60. The Labute approximate surface area is 105 Å². The molecule has 0 aliphatic carbocycles. The molecule has 0 aromatic heterocycles. The topological polar surface area (TPSA) is 58.6 Å². The fourth-order valence-electron chi connectivity index (χ4n) is 2.00. The lowest BCUT2D eigenvalue weighted by atomic mass is 10.1. The molecule has 1 fully saturated rings. The van der Waals surface area contributed by atoms with Crippen LogP contribution in [0.4, 0.5) is 0 Å². The van der Waals surface area contributed by atoms with E-state index in [-0.39, 0.29) is 0 Å². The summed E-state index contributed by atoms with van der Waals surface area (Å²) in [5.74, 6) is 0. The lowest BCUT2D eigenvalue weighted by molar-refractivity contribution is -0.00148. The molecule has 5 nitrogen and oxygen atoms in total. The zero-order valence-corrected chi connectivity index (χ0v) is 11.6. The van der Waals surface area contributed by atoms with E-state index in [2.05, 4.69) is 16.7 Å². The maximum absolute atomic E-state index is 10.8. The Morgan fingerprint density at radius 3 is 2.76 bits per heavy atom. The van der Waals surface area contributed by atoms with Crippen LogP contribution in [0.15, 0.2) is 0 Å². The monoisotopic (exact) mass is 264 g/mol. The van der Waals surface area contributed by atoms with Crippen LogP contribution in [0, 0.1) is 0 Å². The van der Waals surface area contributed by atoms with E-state index >= 15 is 0 Å². The summed E-state index contributed by atoms with van der Waals surface area (Å²) in [5, 5.41) is 0. The molecular formula is C11H24N2O3S. The first kappa shape index (κ1) is 14.9. The van der Waals surface area contributed by atoms with Gasteiger partial charge in [0.05, 0.1) is 12.4 Å². The van der Waals surface area contributed by atoms with E-state index in [9.17, 15) is 8.42 Å². The summed E-state index contributed by atoms with van der Waals surface area (Å²) in [6.07, 6.45) is 5.96. The van der Waals surface area contributed by atoms with Crippen molar-refractivity contribution in [2.24, 2.45) is 0 Å². The summed E-state index contributed by atoms with van der Waals surface area (Å²) < 4.78 is 29.8. The zero-order valence-electron chi connectivity index (χ0n) is 10.8. The smallest absolute Gasteiger partial charge is 0.208 e. The van der Waals surface area contributed by atoms with Crippen molar-refractivity contribution in [1.29, 1.82) is 0 Å². The summed E-state index contributed by atoms with van der Waals surface area (Å²) in [7, 11) is -0.988. The van der Waals surface area contributed by atoms with Crippen LogP contribution in [0.3, 0.4) is 0 Å². The van der Waals surface area contributed by atoms with Crippen LogP contribution in [-0.4, -0.2) is 59.0 Å². The number of rotatable bonds is 7. The quantitative estimate of drug-likeness (QED) is 0.677. The Kier molecular flexibility index (Phi) is 6.40. The molecule has 1 aliphatic heterocycles. The fourth-order valence-corrected chi connectivity index (χ4v) is 2.51. The third-order valence-corrected chi connectivity index (χ3v) is 3.60. The van der Waals surface area contributed by atoms with Crippen molar-refractivity contribution in [3.8, 4) is 0 Å². The molecule has 102 valence electrons. The maximum atomic E-state index is 10.8. The van der Waals surface area contributed by atoms with Crippen LogP contribution in [-0.2, 0) is 14.8 Å². The molecule has 0 radical (unpaired) electrons. The largest absolute Gasteiger partial charge is 0.377 e. The van der Waals surface area contributed by atoms with Crippen molar-refractivity contribution in [1.82, 2.24) is 9.62 Å². The Balaban J connectivity index is 2.06. The second-order valence-electron chi connectivity index (χ2n) is 4.77. The molecule has 0 unspecified atom stereocenters. The van der Waals surface area contributed by atoms with Gasteiger partial charge < -0.3 is 9.64 Å². The molecule has 1 saturated heterocycles. The van der Waals surface area contributed by atoms with Crippen molar-refractivity contribution in [3.63, 3.8) is 0 Å². The van der Waals surface area contributed by atoms with Gasteiger partial charge >= 0.3 is 0 Å². The standard InChI is InChI=1S/C11H24N2O3S/c1-13(8-5-7-12-17(2,14)15)10-11-6-3-4-9-16-11/h11-12H,3-10H2,1-2H3/t11-/m0/s1. The van der Waals surface area contributed by atoms with E-state index in [1.54, 1.807) is 0 Å². The van der Waals surface area contributed by atoms with E-state index < -0.39 is 10.0 Å². The summed E-state index contributed by atoms with van der Waals surface area (Å²) in [6.45, 7) is 3.23. The van der Waals surface area contributed by atoms with Crippen molar-refractivity contribution in [2.45, 2.75) is 31.8 Å². The summed E-state index contributed by atoms with van der Waals surface area (Å²) in [5.41, 5.74) is 0. The molecule has 6 heteroatoms. The predicted molar refractivity (Wildman–Crippen MR) is 68.6 cm³/mol. The summed E-state index contributed by atoms with van der Waals surface area (Å²) in [6, 6.07) is 0. The van der Waals surface area contributed by atoms with E-state index in [0.29, 0.717) is 12.6 Å². The van der Waals surface area contributed by atoms with E-state index in [4.69, 9.17) is 4.74 Å². The molecule has 1 atom stereocenters. The van der Waals surface area contributed by atoms with Crippen LogP contribution >= 0.6 is 0 Å². The van der Waals surface area contributed by atoms with Gasteiger partial charge in [-0.3, -0.25) is 0 Å². The third-order valence-electron chi connectivity index (χ3n) is 2.87. The second kappa shape index (κ2) is 7.31. The summed E-state index contributed by atoms with van der Waals surface area (Å²) in [4.78, 5) is 2.21. The van der Waals surface area contributed by atoms with Crippen LogP contribution < -0.4 is 4.72 Å². The molecule has 0 spiro atoms. The van der Waals surface area contributed by atoms with Crippen LogP contribution in [0.5, 0.6) is 0 Å². The highest BCUT2D eigenvalue weighted by atomic mass is 32.2. The lowest BCUT2D eigenvalue weighted by Crippen LogP contribution is -2.35. The molecule has 0 bridgehead atoms. The number of sulfonamides is 1. The van der Waals surface area contributed by atoms with Gasteiger partial charge in [0.1, 0.15) is 0 Å². The van der Waals surface area contributed by atoms with Crippen LogP contribution in [0.2, 0.25) is 0 Å². The average molecular weight is 264 g/mol. The van der Waals surface area contributed by atoms with E-state index in [0.717, 1.165) is 32.5 Å². The molecule has 1 N–H and O–H groups in total. The van der Waals surface area contributed by atoms with Gasteiger partial charge in [-0.25, -0.2) is 13.1 Å². The van der Waals surface area contributed by atoms with Crippen LogP contribution in [0.1, 0.15) is 25.7 Å². The van der Waals surface area contributed by atoms with Gasteiger partial charge in [0, 0.05) is 19.7 Å².